The molecule has 0 aromatic heterocycles. The lowest BCUT2D eigenvalue weighted by molar-refractivity contribution is 1.77. The van der Waals surface area contributed by atoms with Gasteiger partial charge in [0.2, 0.25) is 0 Å². The monoisotopic (exact) mass is 327 g/mol. The van der Waals surface area contributed by atoms with E-state index in [4.69, 9.17) is 0 Å². The standard InChI is InChI=1S/C26H15/c1-2-8-18-17(7-1)13-14-24-22(18)15-16-25-21-11-4-3-9-19(21)20-10-5-6-12-23(20)26(24)25/h1-13,15-16H. The molecule has 0 bridgehead atoms. The van der Waals surface area contributed by atoms with Gasteiger partial charge in [0.25, 0.3) is 0 Å². The minimum atomic E-state index is 1.21. The quantitative estimate of drug-likeness (QED) is 0.258. The second-order valence-corrected chi connectivity index (χ2v) is 6.88. The van der Waals surface area contributed by atoms with E-state index in [0.29, 0.717) is 0 Å². The normalized spacial score (nSPS) is 11.8. The van der Waals surface area contributed by atoms with Gasteiger partial charge in [-0.05, 0) is 66.0 Å². The zero-order chi connectivity index (χ0) is 17.1. The van der Waals surface area contributed by atoms with Crippen molar-refractivity contribution in [3.8, 4) is 0 Å². The molecule has 0 atom stereocenters. The highest BCUT2D eigenvalue weighted by Gasteiger charge is 2.12. The van der Waals surface area contributed by atoms with E-state index in [1.807, 2.05) is 0 Å². The number of fused-ring (bicyclic) bond motifs is 10. The summed E-state index contributed by atoms with van der Waals surface area (Å²) in [6, 6.07) is 36.3. The van der Waals surface area contributed by atoms with Crippen molar-refractivity contribution in [3.63, 3.8) is 0 Å². The molecule has 0 spiro atoms. The number of benzene rings is 6. The van der Waals surface area contributed by atoms with Gasteiger partial charge < -0.3 is 0 Å². The van der Waals surface area contributed by atoms with Crippen molar-refractivity contribution in [2.45, 2.75) is 0 Å². The van der Waals surface area contributed by atoms with Gasteiger partial charge in [-0.1, -0.05) is 84.9 Å². The van der Waals surface area contributed by atoms with Gasteiger partial charge in [-0.25, -0.2) is 0 Å². The van der Waals surface area contributed by atoms with E-state index < -0.39 is 0 Å². The third kappa shape index (κ3) is 1.74. The highest BCUT2D eigenvalue weighted by molar-refractivity contribution is 6.32. The second kappa shape index (κ2) is 5.06. The maximum absolute atomic E-state index is 3.59. The molecule has 0 saturated carbocycles. The molecule has 0 N–H and O–H groups in total. The Balaban J connectivity index is 1.99. The lowest BCUT2D eigenvalue weighted by Crippen LogP contribution is -1.86. The Morgan fingerprint density at radius 3 is 1.65 bits per heavy atom. The average Bonchev–Trinajstić information content (AvgIpc) is 2.73. The molecular formula is C26H15. The second-order valence-electron chi connectivity index (χ2n) is 6.88. The molecule has 0 aliphatic carbocycles. The highest BCUT2D eigenvalue weighted by atomic mass is 14.1. The molecule has 1 radical (unpaired) electrons. The smallest absolute Gasteiger partial charge is 0.00137 e. The molecule has 119 valence electrons. The minimum Gasteiger partial charge on any atom is -0.0616 e. The molecule has 0 heteroatoms. The van der Waals surface area contributed by atoms with Crippen LogP contribution in [0.15, 0.2) is 91.0 Å². The van der Waals surface area contributed by atoms with E-state index in [-0.39, 0.29) is 0 Å². The Hall–Kier alpha value is -3.38. The largest absolute Gasteiger partial charge is 0.0616 e. The summed E-state index contributed by atoms with van der Waals surface area (Å²) in [4.78, 5) is 0. The third-order valence-electron chi connectivity index (χ3n) is 5.53. The van der Waals surface area contributed by atoms with Crippen LogP contribution in [0.1, 0.15) is 0 Å². The van der Waals surface area contributed by atoms with Gasteiger partial charge >= 0.3 is 0 Å². The molecular weight excluding hydrogens is 312 g/mol. The van der Waals surface area contributed by atoms with Crippen LogP contribution < -0.4 is 0 Å². The summed E-state index contributed by atoms with van der Waals surface area (Å²) in [5.41, 5.74) is 0. The maximum Gasteiger partial charge on any atom is -0.00137 e. The van der Waals surface area contributed by atoms with E-state index in [1.54, 1.807) is 0 Å². The first-order valence-corrected chi connectivity index (χ1v) is 8.97. The topological polar surface area (TPSA) is 0 Å². The average molecular weight is 327 g/mol. The van der Waals surface area contributed by atoms with Crippen molar-refractivity contribution >= 4 is 53.9 Å². The van der Waals surface area contributed by atoms with E-state index in [9.17, 15) is 0 Å². The van der Waals surface area contributed by atoms with Crippen LogP contribution in [0, 0.1) is 6.07 Å². The van der Waals surface area contributed by atoms with Gasteiger partial charge in [0, 0.05) is 0 Å². The van der Waals surface area contributed by atoms with Crippen LogP contribution in [0.2, 0.25) is 0 Å². The molecule has 6 aromatic carbocycles. The molecule has 0 amide bonds. The van der Waals surface area contributed by atoms with Crippen LogP contribution in [-0.2, 0) is 0 Å². The summed E-state index contributed by atoms with van der Waals surface area (Å²) in [7, 11) is 0. The highest BCUT2D eigenvalue weighted by Crippen LogP contribution is 2.39. The Morgan fingerprint density at radius 2 is 0.923 bits per heavy atom. The molecule has 6 aromatic rings. The van der Waals surface area contributed by atoms with Gasteiger partial charge in [0.05, 0.1) is 0 Å². The van der Waals surface area contributed by atoms with Crippen LogP contribution in [0.3, 0.4) is 0 Å². The molecule has 0 aliphatic rings. The summed E-state index contributed by atoms with van der Waals surface area (Å²) < 4.78 is 0. The Morgan fingerprint density at radius 1 is 0.423 bits per heavy atom. The summed E-state index contributed by atoms with van der Waals surface area (Å²) in [6.45, 7) is 0. The van der Waals surface area contributed by atoms with Crippen molar-refractivity contribution < 1.29 is 0 Å². The summed E-state index contributed by atoms with van der Waals surface area (Å²) in [6.07, 6.45) is 0. The number of hydrogen-bond acceptors (Lipinski definition) is 0. The fourth-order valence-electron chi connectivity index (χ4n) is 4.39. The summed E-state index contributed by atoms with van der Waals surface area (Å²) in [5, 5.41) is 12.9. The van der Waals surface area contributed by atoms with Crippen molar-refractivity contribution in [1.82, 2.24) is 0 Å². The lowest BCUT2D eigenvalue weighted by atomic mass is 9.90. The summed E-state index contributed by atoms with van der Waals surface area (Å²) in [5.74, 6) is 0. The van der Waals surface area contributed by atoms with Crippen LogP contribution >= 0.6 is 0 Å². The Labute approximate surface area is 151 Å². The first-order chi connectivity index (χ1) is 12.9. The molecule has 0 saturated heterocycles. The van der Waals surface area contributed by atoms with Crippen molar-refractivity contribution in [1.29, 1.82) is 0 Å². The van der Waals surface area contributed by atoms with Crippen LogP contribution in [0.25, 0.3) is 53.9 Å². The van der Waals surface area contributed by atoms with E-state index in [1.165, 1.54) is 53.9 Å². The molecule has 0 aliphatic heterocycles. The van der Waals surface area contributed by atoms with Gasteiger partial charge in [-0.3, -0.25) is 0 Å². The van der Waals surface area contributed by atoms with Crippen LogP contribution in [-0.4, -0.2) is 0 Å². The van der Waals surface area contributed by atoms with Gasteiger partial charge in [0.15, 0.2) is 0 Å². The van der Waals surface area contributed by atoms with Gasteiger partial charge in [-0.15, -0.1) is 0 Å². The first-order valence-electron chi connectivity index (χ1n) is 8.97. The third-order valence-corrected chi connectivity index (χ3v) is 5.53. The fourth-order valence-corrected chi connectivity index (χ4v) is 4.39. The predicted octanol–water partition coefficient (Wildman–Crippen LogP) is 7.25. The van der Waals surface area contributed by atoms with Crippen LogP contribution in [0.5, 0.6) is 0 Å². The fraction of sp³-hybridized carbons (Fsp3) is 0. The SMILES string of the molecule is [c]1cc2ccccc2c2ccc3c4ccccc4c4ccccc4c3c12. The molecule has 0 nitrogen and oxygen atoms in total. The number of hydrogen-bond donors (Lipinski definition) is 0. The van der Waals surface area contributed by atoms with Crippen LogP contribution in [0.4, 0.5) is 0 Å². The van der Waals surface area contributed by atoms with Gasteiger partial charge in [-0.2, -0.15) is 0 Å². The molecule has 6 rings (SSSR count). The zero-order valence-corrected chi connectivity index (χ0v) is 14.2. The Bertz CT molecular complexity index is 1440. The number of rotatable bonds is 0. The molecule has 26 heavy (non-hydrogen) atoms. The van der Waals surface area contributed by atoms with Crippen molar-refractivity contribution in [2.24, 2.45) is 0 Å². The minimum absolute atomic E-state index is 1.21. The Kier molecular flexibility index (Phi) is 2.70. The molecule has 0 unspecified atom stereocenters. The first kappa shape index (κ1) is 13.9. The van der Waals surface area contributed by atoms with E-state index >= 15 is 0 Å². The van der Waals surface area contributed by atoms with E-state index in [2.05, 4.69) is 97.1 Å². The van der Waals surface area contributed by atoms with Gasteiger partial charge in [0.1, 0.15) is 0 Å². The van der Waals surface area contributed by atoms with Crippen molar-refractivity contribution in [2.75, 3.05) is 0 Å². The lowest BCUT2D eigenvalue weighted by Gasteiger charge is -2.13. The zero-order valence-electron chi connectivity index (χ0n) is 14.2. The molecule has 0 heterocycles. The predicted molar refractivity (Wildman–Crippen MR) is 113 cm³/mol. The summed E-state index contributed by atoms with van der Waals surface area (Å²) >= 11 is 0. The molecule has 0 fully saturated rings. The van der Waals surface area contributed by atoms with E-state index in [0.717, 1.165) is 0 Å². The van der Waals surface area contributed by atoms with Crippen molar-refractivity contribution in [3.05, 3.63) is 97.1 Å². The maximum atomic E-state index is 3.59.